The van der Waals surface area contributed by atoms with Crippen molar-refractivity contribution in [1.82, 2.24) is 0 Å². The van der Waals surface area contributed by atoms with E-state index in [-0.39, 0.29) is 0 Å². The van der Waals surface area contributed by atoms with Gasteiger partial charge in [0.2, 0.25) is 0 Å². The van der Waals surface area contributed by atoms with Crippen molar-refractivity contribution in [1.29, 1.82) is 0 Å². The molecule has 2 aliphatic rings. The molecule has 1 aromatic rings. The van der Waals surface area contributed by atoms with Gasteiger partial charge in [-0.05, 0) is 36.4 Å². The van der Waals surface area contributed by atoms with E-state index in [0.717, 1.165) is 18.5 Å². The maximum Gasteiger partial charge on any atom is 0.0521 e. The number of anilines is 1. The molecule has 0 radical (unpaired) electrons. The minimum Gasteiger partial charge on any atom is -0.378 e. The summed E-state index contributed by atoms with van der Waals surface area (Å²) in [5, 5.41) is 3.56. The minimum atomic E-state index is 0.438. The van der Waals surface area contributed by atoms with Crippen LogP contribution in [-0.4, -0.2) is 12.8 Å². The Labute approximate surface area is 95.4 Å². The lowest BCUT2D eigenvalue weighted by Gasteiger charge is -2.12. The molecule has 0 saturated carbocycles. The van der Waals surface area contributed by atoms with Crippen LogP contribution in [0, 0.1) is 0 Å². The van der Waals surface area contributed by atoms with Gasteiger partial charge >= 0.3 is 0 Å². The first-order chi connectivity index (χ1) is 7.86. The van der Waals surface area contributed by atoms with Crippen molar-refractivity contribution < 1.29 is 0 Å². The molecular weight excluding hydrogens is 196 g/mol. The van der Waals surface area contributed by atoms with Gasteiger partial charge in [-0.1, -0.05) is 24.3 Å². The van der Waals surface area contributed by atoms with Crippen molar-refractivity contribution in [2.24, 2.45) is 4.99 Å². The number of hydrogen-bond donors (Lipinski definition) is 1. The summed E-state index contributed by atoms with van der Waals surface area (Å²) in [6.07, 6.45) is 6.26. The molecule has 1 aromatic carbocycles. The number of aliphatic imine (C=N–C) groups is 1. The first-order valence-corrected chi connectivity index (χ1v) is 5.57. The molecule has 1 unspecified atom stereocenters. The van der Waals surface area contributed by atoms with Crippen LogP contribution in [0.15, 0.2) is 52.7 Å². The lowest BCUT2D eigenvalue weighted by molar-refractivity contribution is 0.834. The first-order valence-electron chi connectivity index (χ1n) is 5.57. The molecule has 0 bridgehead atoms. The highest BCUT2D eigenvalue weighted by atomic mass is 15.0. The van der Waals surface area contributed by atoms with E-state index >= 15 is 0 Å². The Balaban J connectivity index is 1.76. The molecule has 16 heavy (non-hydrogen) atoms. The summed E-state index contributed by atoms with van der Waals surface area (Å²) >= 11 is 0. The van der Waals surface area contributed by atoms with Gasteiger partial charge in [0.05, 0.1) is 6.04 Å². The fourth-order valence-corrected chi connectivity index (χ4v) is 2.40. The fourth-order valence-electron chi connectivity index (χ4n) is 2.40. The minimum absolute atomic E-state index is 0.438. The first kappa shape index (κ1) is 9.40. The maximum atomic E-state index is 3.99. The molecule has 2 nitrogen and oxygen atoms in total. The van der Waals surface area contributed by atoms with Crippen LogP contribution in [0.4, 0.5) is 5.69 Å². The van der Waals surface area contributed by atoms with Crippen molar-refractivity contribution in [2.75, 3.05) is 5.32 Å². The Hall–Kier alpha value is -1.83. The van der Waals surface area contributed by atoms with Crippen LogP contribution >= 0.6 is 0 Å². The van der Waals surface area contributed by atoms with E-state index < -0.39 is 0 Å². The Morgan fingerprint density at radius 3 is 2.88 bits per heavy atom. The van der Waals surface area contributed by atoms with Crippen molar-refractivity contribution in [3.8, 4) is 0 Å². The monoisotopic (exact) mass is 210 g/mol. The summed E-state index contributed by atoms with van der Waals surface area (Å²) in [6.45, 7) is 3.57. The number of para-hydroxylation sites is 1. The van der Waals surface area contributed by atoms with E-state index in [1.807, 2.05) is 0 Å². The highest BCUT2D eigenvalue weighted by molar-refractivity contribution is 5.59. The molecule has 2 heteroatoms. The summed E-state index contributed by atoms with van der Waals surface area (Å²) in [5.74, 6) is 0. The SMILES string of the molecule is C=NC1=CC=C(C2Cc3ccccc3N2)C1. The number of fused-ring (bicyclic) bond motifs is 1. The van der Waals surface area contributed by atoms with Gasteiger partial charge in [-0.2, -0.15) is 0 Å². The average Bonchev–Trinajstić information content (AvgIpc) is 2.95. The van der Waals surface area contributed by atoms with Gasteiger partial charge in [0, 0.05) is 17.8 Å². The predicted octanol–water partition coefficient (Wildman–Crippen LogP) is 2.94. The second-order valence-electron chi connectivity index (χ2n) is 4.29. The molecule has 1 aliphatic heterocycles. The van der Waals surface area contributed by atoms with E-state index in [9.17, 15) is 0 Å². The van der Waals surface area contributed by atoms with Gasteiger partial charge in [-0.3, -0.25) is 4.99 Å². The smallest absolute Gasteiger partial charge is 0.0521 e. The van der Waals surface area contributed by atoms with Gasteiger partial charge in [0.25, 0.3) is 0 Å². The van der Waals surface area contributed by atoms with E-state index in [4.69, 9.17) is 0 Å². The van der Waals surface area contributed by atoms with Crippen molar-refractivity contribution >= 4 is 12.4 Å². The van der Waals surface area contributed by atoms with Gasteiger partial charge in [-0.25, -0.2) is 0 Å². The largest absolute Gasteiger partial charge is 0.378 e. The van der Waals surface area contributed by atoms with Crippen LogP contribution in [0.5, 0.6) is 0 Å². The van der Waals surface area contributed by atoms with Gasteiger partial charge in [-0.15, -0.1) is 0 Å². The lowest BCUT2D eigenvalue weighted by atomic mass is 10.0. The number of nitrogens with zero attached hydrogens (tertiary/aromatic N) is 1. The summed E-state index contributed by atoms with van der Waals surface area (Å²) in [5.41, 5.74) is 5.17. The molecular formula is C14H14N2. The molecule has 1 aliphatic carbocycles. The van der Waals surface area contributed by atoms with E-state index in [1.165, 1.54) is 16.8 Å². The zero-order valence-corrected chi connectivity index (χ0v) is 9.11. The summed E-state index contributed by atoms with van der Waals surface area (Å²) < 4.78 is 0. The number of hydrogen-bond acceptors (Lipinski definition) is 2. The third-order valence-corrected chi connectivity index (χ3v) is 3.30. The third-order valence-electron chi connectivity index (χ3n) is 3.30. The van der Waals surface area contributed by atoms with Gasteiger partial charge in [0.15, 0.2) is 0 Å². The van der Waals surface area contributed by atoms with Crippen molar-refractivity contribution in [3.05, 3.63) is 53.3 Å². The average molecular weight is 210 g/mol. The van der Waals surface area contributed by atoms with Crippen LogP contribution in [0.25, 0.3) is 0 Å². The second kappa shape index (κ2) is 3.63. The zero-order valence-electron chi connectivity index (χ0n) is 9.11. The third kappa shape index (κ3) is 1.47. The molecule has 1 atom stereocenters. The second-order valence-corrected chi connectivity index (χ2v) is 4.29. The quantitative estimate of drug-likeness (QED) is 0.746. The van der Waals surface area contributed by atoms with Crippen LogP contribution in [-0.2, 0) is 6.42 Å². The molecule has 0 aromatic heterocycles. The molecule has 0 fully saturated rings. The van der Waals surface area contributed by atoms with Crippen LogP contribution in [0.1, 0.15) is 12.0 Å². The molecule has 1 N–H and O–H groups in total. The van der Waals surface area contributed by atoms with Crippen molar-refractivity contribution in [3.63, 3.8) is 0 Å². The fraction of sp³-hybridized carbons (Fsp3) is 0.214. The summed E-state index contributed by atoms with van der Waals surface area (Å²) in [7, 11) is 0. The molecule has 0 saturated heterocycles. The van der Waals surface area contributed by atoms with Crippen LogP contribution in [0.3, 0.4) is 0 Å². The normalized spacial score (nSPS) is 22.1. The summed E-state index contributed by atoms with van der Waals surface area (Å²) in [4.78, 5) is 3.99. The van der Waals surface area contributed by atoms with E-state index in [0.29, 0.717) is 6.04 Å². The maximum absolute atomic E-state index is 3.99. The molecule has 0 spiro atoms. The van der Waals surface area contributed by atoms with Crippen LogP contribution in [0.2, 0.25) is 0 Å². The highest BCUT2D eigenvalue weighted by Crippen LogP contribution is 2.32. The number of nitrogens with one attached hydrogen (secondary N) is 1. The Kier molecular flexibility index (Phi) is 2.13. The summed E-state index contributed by atoms with van der Waals surface area (Å²) in [6, 6.07) is 8.95. The highest BCUT2D eigenvalue weighted by Gasteiger charge is 2.24. The number of allylic oxidation sites excluding steroid dienone is 3. The standard InChI is InChI=1S/C14H14N2/c1-15-12-7-6-11(8-12)14-9-10-4-2-3-5-13(10)16-14/h2-7,14,16H,1,8-9H2. The molecule has 80 valence electrons. The predicted molar refractivity (Wildman–Crippen MR) is 67.9 cm³/mol. The van der Waals surface area contributed by atoms with Gasteiger partial charge < -0.3 is 5.32 Å². The number of benzene rings is 1. The topological polar surface area (TPSA) is 24.4 Å². The molecule has 0 amide bonds. The van der Waals surface area contributed by atoms with Gasteiger partial charge in [0.1, 0.15) is 0 Å². The molecule has 3 rings (SSSR count). The molecule has 1 heterocycles. The zero-order chi connectivity index (χ0) is 11.0. The Morgan fingerprint density at radius 2 is 2.12 bits per heavy atom. The Morgan fingerprint density at radius 1 is 1.25 bits per heavy atom. The number of rotatable bonds is 2. The van der Waals surface area contributed by atoms with Crippen LogP contribution < -0.4 is 5.32 Å². The van der Waals surface area contributed by atoms with E-state index in [1.54, 1.807) is 0 Å². The van der Waals surface area contributed by atoms with Crippen molar-refractivity contribution in [2.45, 2.75) is 18.9 Å². The lowest BCUT2D eigenvalue weighted by Crippen LogP contribution is -2.17. The Bertz CT molecular complexity index is 472. The van der Waals surface area contributed by atoms with E-state index in [2.05, 4.69) is 53.4 Å².